The maximum atomic E-state index is 6.29. The van der Waals surface area contributed by atoms with E-state index in [4.69, 9.17) is 19.2 Å². The van der Waals surface area contributed by atoms with Crippen LogP contribution in [-0.4, -0.2) is 77.4 Å². The largest absolute Gasteiger partial charge is 0.490 e. The smallest absolute Gasteiger partial charge is 0.151 e. The minimum atomic E-state index is 0.307. The predicted molar refractivity (Wildman–Crippen MR) is 145 cm³/mol. The molecule has 0 amide bonds. The minimum absolute atomic E-state index is 0.307. The number of aromatic nitrogens is 2. The number of rotatable bonds is 7. The average Bonchev–Trinajstić information content (AvgIpc) is 3.37. The number of morpholine rings is 1. The van der Waals surface area contributed by atoms with Crippen molar-refractivity contribution in [2.75, 3.05) is 45.9 Å². The van der Waals surface area contributed by atoms with E-state index in [2.05, 4.69) is 76.9 Å². The molecule has 0 atom stereocenters. The number of imidazole rings is 1. The van der Waals surface area contributed by atoms with Gasteiger partial charge in [-0.05, 0) is 62.1 Å². The molecule has 7 heteroatoms. The zero-order chi connectivity index (χ0) is 25.2. The molecule has 1 aromatic heterocycles. The molecule has 0 saturated carbocycles. The third kappa shape index (κ3) is 5.54. The summed E-state index contributed by atoms with van der Waals surface area (Å²) < 4.78 is 20.1. The molecule has 6 rings (SSSR count). The van der Waals surface area contributed by atoms with Crippen molar-refractivity contribution in [3.05, 3.63) is 60.2 Å². The minimum Gasteiger partial charge on any atom is -0.490 e. The molecule has 2 fully saturated rings. The fourth-order valence-electron chi connectivity index (χ4n) is 5.58. The molecular formula is C30H38N4O3. The van der Waals surface area contributed by atoms with Gasteiger partial charge in [0.25, 0.3) is 0 Å². The number of piperidine rings is 1. The molecule has 0 aliphatic carbocycles. The van der Waals surface area contributed by atoms with Gasteiger partial charge in [0, 0.05) is 51.4 Å². The molecule has 0 unspecified atom stereocenters. The van der Waals surface area contributed by atoms with Gasteiger partial charge in [-0.15, -0.1) is 0 Å². The van der Waals surface area contributed by atoms with Crippen molar-refractivity contribution >= 4 is 0 Å². The van der Waals surface area contributed by atoms with Crippen LogP contribution in [0.4, 0.5) is 0 Å². The number of hydrogen-bond donors (Lipinski definition) is 0. The van der Waals surface area contributed by atoms with Crippen molar-refractivity contribution < 1.29 is 14.2 Å². The molecule has 3 aliphatic heterocycles. The van der Waals surface area contributed by atoms with Crippen LogP contribution in [0.1, 0.15) is 38.2 Å². The van der Waals surface area contributed by atoms with E-state index in [9.17, 15) is 0 Å². The van der Waals surface area contributed by atoms with Gasteiger partial charge in [-0.3, -0.25) is 9.47 Å². The van der Waals surface area contributed by atoms with Gasteiger partial charge in [0.05, 0.1) is 24.6 Å². The Kier molecular flexibility index (Phi) is 7.18. The zero-order valence-corrected chi connectivity index (χ0v) is 22.1. The van der Waals surface area contributed by atoms with Gasteiger partial charge in [-0.25, -0.2) is 4.98 Å². The summed E-state index contributed by atoms with van der Waals surface area (Å²) in [6, 6.07) is 15.6. The van der Waals surface area contributed by atoms with Crippen molar-refractivity contribution in [2.45, 2.75) is 51.9 Å². The molecule has 0 N–H and O–H groups in total. The fourth-order valence-corrected chi connectivity index (χ4v) is 5.58. The van der Waals surface area contributed by atoms with Crippen LogP contribution in [0.25, 0.3) is 16.8 Å². The van der Waals surface area contributed by atoms with Crippen LogP contribution in [-0.2, 0) is 17.8 Å². The summed E-state index contributed by atoms with van der Waals surface area (Å²) >= 11 is 0. The Labute approximate surface area is 220 Å². The Morgan fingerprint density at radius 3 is 2.49 bits per heavy atom. The standard InChI is InChI=1S/C30H38N4O3/c1-22(2)33-13-10-27(11-14-33)37-26-6-3-23(4-7-26)24-5-8-28-29(19-24)36-21-30-31-25(20-34(28)30)9-12-32-15-17-35-18-16-32/h3-8,19-20,22,27H,9-18,21H2,1-2H3. The van der Waals surface area contributed by atoms with Crippen molar-refractivity contribution in [3.8, 4) is 28.3 Å². The van der Waals surface area contributed by atoms with E-state index in [1.807, 2.05) is 0 Å². The first-order chi connectivity index (χ1) is 18.1. The Hall–Kier alpha value is -2.87. The SMILES string of the molecule is CC(C)N1CCC(Oc2ccc(-c3ccc4c(c3)OCc3nc(CCN5CCOCC5)cn3-4)cc2)CC1. The van der Waals surface area contributed by atoms with Gasteiger partial charge >= 0.3 is 0 Å². The average molecular weight is 503 g/mol. The number of hydrogen-bond acceptors (Lipinski definition) is 6. The molecule has 0 radical (unpaired) electrons. The predicted octanol–water partition coefficient (Wildman–Crippen LogP) is 4.56. The lowest BCUT2D eigenvalue weighted by atomic mass is 10.0. The lowest BCUT2D eigenvalue weighted by Gasteiger charge is -2.34. The van der Waals surface area contributed by atoms with Crippen LogP contribution in [0.2, 0.25) is 0 Å². The monoisotopic (exact) mass is 502 g/mol. The van der Waals surface area contributed by atoms with Gasteiger partial charge in [0.2, 0.25) is 0 Å². The third-order valence-electron chi connectivity index (χ3n) is 7.89. The molecular weight excluding hydrogens is 464 g/mol. The second-order valence-corrected chi connectivity index (χ2v) is 10.7. The van der Waals surface area contributed by atoms with Crippen LogP contribution in [0.5, 0.6) is 11.5 Å². The van der Waals surface area contributed by atoms with Crippen LogP contribution in [0, 0.1) is 0 Å². The Bertz CT molecular complexity index is 1190. The van der Waals surface area contributed by atoms with Gasteiger partial charge in [0.1, 0.15) is 24.2 Å². The van der Waals surface area contributed by atoms with Crippen LogP contribution < -0.4 is 9.47 Å². The second-order valence-electron chi connectivity index (χ2n) is 10.7. The lowest BCUT2D eigenvalue weighted by Crippen LogP contribution is -2.41. The summed E-state index contributed by atoms with van der Waals surface area (Å²) in [6.45, 7) is 12.0. The van der Waals surface area contributed by atoms with Crippen molar-refractivity contribution in [2.24, 2.45) is 0 Å². The summed E-state index contributed by atoms with van der Waals surface area (Å²) in [7, 11) is 0. The Balaban J connectivity index is 1.10. The number of benzene rings is 2. The van der Waals surface area contributed by atoms with E-state index >= 15 is 0 Å². The molecule has 37 heavy (non-hydrogen) atoms. The summed E-state index contributed by atoms with van der Waals surface area (Å²) in [5.74, 6) is 2.82. The third-order valence-corrected chi connectivity index (χ3v) is 7.89. The number of likely N-dealkylation sites (tertiary alicyclic amines) is 1. The first-order valence-electron chi connectivity index (χ1n) is 13.8. The normalized spacial score (nSPS) is 18.9. The van der Waals surface area contributed by atoms with Crippen molar-refractivity contribution in [1.29, 1.82) is 0 Å². The molecule has 3 aliphatic rings. The van der Waals surface area contributed by atoms with E-state index in [0.717, 1.165) is 105 Å². The Morgan fingerprint density at radius 1 is 0.973 bits per heavy atom. The highest BCUT2D eigenvalue weighted by atomic mass is 16.5. The molecule has 0 spiro atoms. The molecule has 3 aromatic rings. The highest BCUT2D eigenvalue weighted by Gasteiger charge is 2.23. The number of nitrogens with zero attached hydrogens (tertiary/aromatic N) is 4. The van der Waals surface area contributed by atoms with E-state index in [0.29, 0.717) is 18.8 Å². The first-order valence-corrected chi connectivity index (χ1v) is 13.8. The second kappa shape index (κ2) is 10.9. The van der Waals surface area contributed by atoms with Crippen LogP contribution >= 0.6 is 0 Å². The van der Waals surface area contributed by atoms with Gasteiger partial charge in [-0.2, -0.15) is 0 Å². The maximum absolute atomic E-state index is 6.29. The quantitative estimate of drug-likeness (QED) is 0.472. The molecule has 2 aromatic carbocycles. The number of ether oxygens (including phenoxy) is 3. The van der Waals surface area contributed by atoms with Crippen LogP contribution in [0.3, 0.4) is 0 Å². The zero-order valence-electron chi connectivity index (χ0n) is 22.1. The first kappa shape index (κ1) is 24.5. The highest BCUT2D eigenvalue weighted by Crippen LogP contribution is 2.35. The van der Waals surface area contributed by atoms with E-state index in [-0.39, 0.29) is 0 Å². The molecule has 0 bridgehead atoms. The van der Waals surface area contributed by atoms with Gasteiger partial charge in [0.15, 0.2) is 5.82 Å². The molecule has 7 nitrogen and oxygen atoms in total. The van der Waals surface area contributed by atoms with E-state index in [1.54, 1.807) is 0 Å². The highest BCUT2D eigenvalue weighted by molar-refractivity contribution is 5.69. The van der Waals surface area contributed by atoms with E-state index in [1.165, 1.54) is 0 Å². The lowest BCUT2D eigenvalue weighted by molar-refractivity contribution is 0.0383. The summed E-state index contributed by atoms with van der Waals surface area (Å²) in [5, 5.41) is 0. The molecule has 196 valence electrons. The van der Waals surface area contributed by atoms with E-state index < -0.39 is 0 Å². The Morgan fingerprint density at radius 2 is 1.73 bits per heavy atom. The van der Waals surface area contributed by atoms with Gasteiger partial charge < -0.3 is 19.1 Å². The van der Waals surface area contributed by atoms with Crippen LogP contribution in [0.15, 0.2) is 48.7 Å². The topological polar surface area (TPSA) is 52.0 Å². The van der Waals surface area contributed by atoms with Crippen molar-refractivity contribution in [3.63, 3.8) is 0 Å². The molecule has 4 heterocycles. The summed E-state index contributed by atoms with van der Waals surface area (Å²) in [5.41, 5.74) is 4.48. The van der Waals surface area contributed by atoms with Crippen molar-refractivity contribution in [1.82, 2.24) is 19.4 Å². The summed E-state index contributed by atoms with van der Waals surface area (Å²) in [6.07, 6.45) is 5.61. The molecule has 2 saturated heterocycles. The van der Waals surface area contributed by atoms with Gasteiger partial charge in [-0.1, -0.05) is 18.2 Å². The summed E-state index contributed by atoms with van der Waals surface area (Å²) in [4.78, 5) is 9.82. The maximum Gasteiger partial charge on any atom is 0.151 e. The fraction of sp³-hybridized carbons (Fsp3) is 0.500. The number of fused-ring (bicyclic) bond motifs is 3.